The van der Waals surface area contributed by atoms with Crippen molar-refractivity contribution < 1.29 is 4.79 Å². The van der Waals surface area contributed by atoms with Gasteiger partial charge in [-0.1, -0.05) is 17.3 Å². The van der Waals surface area contributed by atoms with Gasteiger partial charge in [0, 0.05) is 31.4 Å². The van der Waals surface area contributed by atoms with Gasteiger partial charge in [-0.2, -0.15) is 0 Å². The molecule has 8 nitrogen and oxygen atoms in total. The fourth-order valence-electron chi connectivity index (χ4n) is 3.26. The summed E-state index contributed by atoms with van der Waals surface area (Å²) in [6.45, 7) is 1.22. The van der Waals surface area contributed by atoms with E-state index in [4.69, 9.17) is 0 Å². The number of aromatic amines is 1. The third kappa shape index (κ3) is 3.02. The number of aromatic nitrogens is 5. The number of carbonyl (C=O) groups excluding carboxylic acids is 1. The third-order valence-corrected chi connectivity index (χ3v) is 4.67. The Kier molecular flexibility index (Phi) is 4.01. The largest absolute Gasteiger partial charge is 0.348 e. The minimum Gasteiger partial charge on any atom is -0.348 e. The first-order valence-corrected chi connectivity index (χ1v) is 8.32. The van der Waals surface area contributed by atoms with Crippen molar-refractivity contribution in [3.8, 4) is 0 Å². The van der Waals surface area contributed by atoms with Crippen molar-refractivity contribution >= 4 is 16.8 Å². The topological polar surface area (TPSA) is 96.8 Å². The van der Waals surface area contributed by atoms with E-state index in [1.807, 2.05) is 6.20 Å². The van der Waals surface area contributed by atoms with Gasteiger partial charge in [0.1, 0.15) is 17.9 Å². The van der Waals surface area contributed by atoms with Gasteiger partial charge in [0.05, 0.1) is 5.39 Å². The predicted molar refractivity (Wildman–Crippen MR) is 90.9 cm³/mol. The number of nitrogens with one attached hydrogen (secondary N) is 1. The molecule has 0 spiro atoms. The summed E-state index contributed by atoms with van der Waals surface area (Å²) in [6.07, 6.45) is 5.28. The molecule has 1 saturated heterocycles. The van der Waals surface area contributed by atoms with E-state index >= 15 is 0 Å². The zero-order chi connectivity index (χ0) is 17.2. The van der Waals surface area contributed by atoms with Crippen LogP contribution in [0.15, 0.2) is 41.5 Å². The SMILES string of the molecule is O=C(Cn1nnc2ccccc2c1=O)N1CCC(c2ncc[nH]2)CC1. The van der Waals surface area contributed by atoms with Crippen LogP contribution in [0.4, 0.5) is 0 Å². The van der Waals surface area contributed by atoms with Crippen LogP contribution in [0.5, 0.6) is 0 Å². The van der Waals surface area contributed by atoms with Crippen molar-refractivity contribution in [2.24, 2.45) is 0 Å². The van der Waals surface area contributed by atoms with E-state index in [2.05, 4.69) is 20.3 Å². The highest BCUT2D eigenvalue weighted by atomic mass is 16.2. The van der Waals surface area contributed by atoms with Gasteiger partial charge >= 0.3 is 0 Å². The van der Waals surface area contributed by atoms with Crippen molar-refractivity contribution in [3.63, 3.8) is 0 Å². The zero-order valence-corrected chi connectivity index (χ0v) is 13.6. The van der Waals surface area contributed by atoms with Crippen LogP contribution in [0.25, 0.3) is 10.9 Å². The number of rotatable bonds is 3. The minimum atomic E-state index is -0.288. The van der Waals surface area contributed by atoms with Crippen molar-refractivity contribution in [1.29, 1.82) is 0 Å². The average molecular weight is 338 g/mol. The van der Waals surface area contributed by atoms with Crippen LogP contribution < -0.4 is 5.56 Å². The number of imidazole rings is 1. The normalized spacial score (nSPS) is 15.6. The monoisotopic (exact) mass is 338 g/mol. The van der Waals surface area contributed by atoms with E-state index in [0.717, 1.165) is 23.3 Å². The lowest BCUT2D eigenvalue weighted by atomic mass is 9.96. The van der Waals surface area contributed by atoms with E-state index in [1.54, 1.807) is 35.4 Å². The summed E-state index contributed by atoms with van der Waals surface area (Å²) in [5.41, 5.74) is 0.250. The molecule has 8 heteroatoms. The third-order valence-electron chi connectivity index (χ3n) is 4.67. The quantitative estimate of drug-likeness (QED) is 0.766. The second-order valence-electron chi connectivity index (χ2n) is 6.20. The molecule has 25 heavy (non-hydrogen) atoms. The smallest absolute Gasteiger partial charge is 0.278 e. The molecule has 0 radical (unpaired) electrons. The Morgan fingerprint density at radius 2 is 2.04 bits per heavy atom. The molecular formula is C17H18N6O2. The minimum absolute atomic E-state index is 0.0813. The van der Waals surface area contributed by atoms with Crippen LogP contribution in [0.2, 0.25) is 0 Å². The Balaban J connectivity index is 1.44. The highest BCUT2D eigenvalue weighted by molar-refractivity contribution is 5.78. The van der Waals surface area contributed by atoms with Crippen molar-refractivity contribution in [3.05, 3.63) is 52.8 Å². The van der Waals surface area contributed by atoms with Crippen molar-refractivity contribution in [2.45, 2.75) is 25.3 Å². The maximum Gasteiger partial charge on any atom is 0.278 e. The Bertz CT molecular complexity index is 941. The molecule has 128 valence electrons. The van der Waals surface area contributed by atoms with E-state index < -0.39 is 0 Å². The molecular weight excluding hydrogens is 320 g/mol. The van der Waals surface area contributed by atoms with Crippen LogP contribution >= 0.6 is 0 Å². The number of amides is 1. The van der Waals surface area contributed by atoms with Gasteiger partial charge in [-0.25, -0.2) is 9.67 Å². The average Bonchev–Trinajstić information content (AvgIpc) is 3.19. The maximum atomic E-state index is 12.5. The number of benzene rings is 1. The number of hydrogen-bond acceptors (Lipinski definition) is 5. The summed E-state index contributed by atoms with van der Waals surface area (Å²) in [5.74, 6) is 1.22. The van der Waals surface area contributed by atoms with Crippen LogP contribution in [-0.4, -0.2) is 48.9 Å². The van der Waals surface area contributed by atoms with E-state index in [-0.39, 0.29) is 18.0 Å². The summed E-state index contributed by atoms with van der Waals surface area (Å²) in [4.78, 5) is 34.2. The highest BCUT2D eigenvalue weighted by Gasteiger charge is 2.25. The van der Waals surface area contributed by atoms with Gasteiger partial charge in [-0.15, -0.1) is 5.10 Å². The van der Waals surface area contributed by atoms with Gasteiger partial charge < -0.3 is 9.88 Å². The van der Waals surface area contributed by atoms with Crippen molar-refractivity contribution in [2.75, 3.05) is 13.1 Å². The van der Waals surface area contributed by atoms with Gasteiger partial charge in [0.2, 0.25) is 5.91 Å². The lowest BCUT2D eigenvalue weighted by Crippen LogP contribution is -2.42. The number of hydrogen-bond donors (Lipinski definition) is 1. The second-order valence-corrected chi connectivity index (χ2v) is 6.20. The molecule has 1 N–H and O–H groups in total. The molecule has 3 heterocycles. The standard InChI is InChI=1S/C17H18N6O2/c24-15(22-9-5-12(6-10-22)16-18-7-8-19-16)11-23-17(25)13-3-1-2-4-14(13)20-21-23/h1-4,7-8,12H,5-6,9-11H2,(H,18,19). The number of likely N-dealkylation sites (tertiary alicyclic amines) is 1. The molecule has 1 fully saturated rings. The highest BCUT2D eigenvalue weighted by Crippen LogP contribution is 2.25. The molecule has 1 amide bonds. The summed E-state index contributed by atoms with van der Waals surface area (Å²) >= 11 is 0. The molecule has 0 bridgehead atoms. The fourth-order valence-corrected chi connectivity index (χ4v) is 3.26. The van der Waals surface area contributed by atoms with Crippen LogP contribution in [0, 0.1) is 0 Å². The maximum absolute atomic E-state index is 12.5. The molecule has 0 aliphatic carbocycles. The molecule has 4 rings (SSSR count). The number of piperidine rings is 1. The Morgan fingerprint density at radius 1 is 1.24 bits per heavy atom. The lowest BCUT2D eigenvalue weighted by Gasteiger charge is -2.31. The molecule has 1 aliphatic rings. The van der Waals surface area contributed by atoms with Gasteiger partial charge in [-0.3, -0.25) is 9.59 Å². The summed E-state index contributed by atoms with van der Waals surface area (Å²) in [7, 11) is 0. The fraction of sp³-hybridized carbons (Fsp3) is 0.353. The first kappa shape index (κ1) is 15.5. The number of nitrogens with zero attached hydrogens (tertiary/aromatic N) is 5. The Morgan fingerprint density at radius 3 is 2.80 bits per heavy atom. The van der Waals surface area contributed by atoms with Gasteiger partial charge in [0.15, 0.2) is 0 Å². The number of H-pyrrole nitrogens is 1. The summed E-state index contributed by atoms with van der Waals surface area (Å²) < 4.78 is 1.14. The Hall–Kier alpha value is -3.03. The molecule has 3 aromatic rings. The summed E-state index contributed by atoms with van der Waals surface area (Å²) in [6, 6.07) is 7.00. The first-order valence-electron chi connectivity index (χ1n) is 8.32. The number of carbonyl (C=O) groups is 1. The first-order chi connectivity index (χ1) is 12.2. The second kappa shape index (κ2) is 6.46. The lowest BCUT2D eigenvalue weighted by molar-refractivity contribution is -0.133. The van der Waals surface area contributed by atoms with E-state index in [0.29, 0.717) is 29.9 Å². The molecule has 2 aromatic heterocycles. The Labute approximate surface area is 143 Å². The zero-order valence-electron chi connectivity index (χ0n) is 13.6. The van der Waals surface area contributed by atoms with Crippen molar-refractivity contribution in [1.82, 2.24) is 29.9 Å². The molecule has 0 atom stereocenters. The van der Waals surface area contributed by atoms with E-state index in [9.17, 15) is 9.59 Å². The molecule has 0 unspecified atom stereocenters. The van der Waals surface area contributed by atoms with Crippen LogP contribution in [-0.2, 0) is 11.3 Å². The predicted octanol–water partition coefficient (Wildman–Crippen LogP) is 0.921. The summed E-state index contributed by atoms with van der Waals surface area (Å²) in [5, 5.41) is 8.38. The van der Waals surface area contributed by atoms with Crippen LogP contribution in [0.1, 0.15) is 24.6 Å². The molecule has 1 aliphatic heterocycles. The van der Waals surface area contributed by atoms with E-state index in [1.165, 1.54) is 0 Å². The molecule has 0 saturated carbocycles. The van der Waals surface area contributed by atoms with Gasteiger partial charge in [0.25, 0.3) is 5.56 Å². The van der Waals surface area contributed by atoms with Crippen LogP contribution in [0.3, 0.4) is 0 Å². The number of fused-ring (bicyclic) bond motifs is 1. The van der Waals surface area contributed by atoms with Gasteiger partial charge in [-0.05, 0) is 25.0 Å². The molecule has 1 aromatic carbocycles.